The number of carbonyl (C=O) groups is 1. The van der Waals surface area contributed by atoms with E-state index in [1.165, 1.54) is 4.70 Å². The van der Waals surface area contributed by atoms with Gasteiger partial charge in [-0.1, -0.05) is 30.3 Å². The van der Waals surface area contributed by atoms with Gasteiger partial charge in [-0.25, -0.2) is 9.97 Å². The summed E-state index contributed by atoms with van der Waals surface area (Å²) < 4.78 is 4.73. The highest BCUT2D eigenvalue weighted by Gasteiger charge is 2.60. The summed E-state index contributed by atoms with van der Waals surface area (Å²) in [5.41, 5.74) is 6.46. The molecule has 190 valence electrons. The molecule has 1 aliphatic heterocycles. The number of nitrogens with zero attached hydrogens (tertiary/aromatic N) is 6. The Balaban J connectivity index is 1.19. The number of likely N-dealkylation sites (tertiary alicyclic amines) is 1. The number of benzene rings is 2. The molecule has 38 heavy (non-hydrogen) atoms. The zero-order valence-corrected chi connectivity index (χ0v) is 21.8. The number of fused-ring (bicyclic) bond motifs is 2. The first kappa shape index (κ1) is 22.2. The number of thiazole rings is 1. The van der Waals surface area contributed by atoms with Crippen molar-refractivity contribution in [2.24, 2.45) is 18.4 Å². The lowest BCUT2D eigenvalue weighted by Crippen LogP contribution is -2.31. The molecule has 8 rings (SSSR count). The minimum Gasteiger partial charge on any atom is -0.342 e. The topological polar surface area (TPSA) is 85.9 Å². The van der Waals surface area contributed by atoms with Crippen LogP contribution in [0.1, 0.15) is 31.7 Å². The molecular weight excluding hydrogens is 496 g/mol. The molecule has 0 radical (unpaired) electrons. The molecule has 3 aliphatic rings. The van der Waals surface area contributed by atoms with E-state index in [0.29, 0.717) is 22.8 Å². The first-order chi connectivity index (χ1) is 18.5. The molecule has 2 saturated carbocycles. The van der Waals surface area contributed by atoms with Crippen molar-refractivity contribution in [3.05, 3.63) is 64.5 Å². The molecule has 0 N–H and O–H groups in total. The van der Waals surface area contributed by atoms with Crippen LogP contribution in [0.3, 0.4) is 0 Å². The van der Waals surface area contributed by atoms with Crippen molar-refractivity contribution in [3.8, 4) is 22.5 Å². The number of hydrogen-bond donors (Lipinski definition) is 0. The Morgan fingerprint density at radius 1 is 1.08 bits per heavy atom. The number of amides is 1. The maximum atomic E-state index is 13.9. The fraction of sp³-hybridized carbons (Fsp3) is 0.345. The SMILES string of the molecule is Cn1ncc2c(=O)n(C3CC34CCN(C(=O)C3CC3)C4)c(-c3ccc(-c4ccc5scnc5c4)cc3)nc21. The smallest absolute Gasteiger partial charge is 0.265 e. The van der Waals surface area contributed by atoms with E-state index in [-0.39, 0.29) is 22.9 Å². The minimum absolute atomic E-state index is 0.0332. The summed E-state index contributed by atoms with van der Waals surface area (Å²) in [5.74, 6) is 1.19. The van der Waals surface area contributed by atoms with Gasteiger partial charge in [-0.3, -0.25) is 18.8 Å². The standard InChI is InChI=1S/C29H26N6O2S/c1-33-26-21(14-31-33)28(37)35(24-13-29(24)10-11-34(15-29)27(36)19-6-7-19)25(32-26)18-4-2-17(3-5-18)20-8-9-23-22(12-20)30-16-38-23/h2-5,8-9,12,14,16,19,24H,6-7,10-11,13,15H2,1H3. The summed E-state index contributed by atoms with van der Waals surface area (Å²) in [6.45, 7) is 1.53. The van der Waals surface area contributed by atoms with Crippen molar-refractivity contribution in [2.45, 2.75) is 31.7 Å². The van der Waals surface area contributed by atoms with Crippen molar-refractivity contribution in [1.29, 1.82) is 0 Å². The molecule has 4 heterocycles. The maximum Gasteiger partial charge on any atom is 0.265 e. The predicted molar refractivity (Wildman–Crippen MR) is 147 cm³/mol. The summed E-state index contributed by atoms with van der Waals surface area (Å²) in [4.78, 5) is 38.1. The summed E-state index contributed by atoms with van der Waals surface area (Å²) in [6, 6.07) is 14.6. The van der Waals surface area contributed by atoms with E-state index in [1.54, 1.807) is 22.2 Å². The van der Waals surface area contributed by atoms with E-state index >= 15 is 0 Å². The van der Waals surface area contributed by atoms with E-state index in [2.05, 4.69) is 40.4 Å². The van der Waals surface area contributed by atoms with Crippen molar-refractivity contribution < 1.29 is 4.79 Å². The predicted octanol–water partition coefficient (Wildman–Crippen LogP) is 4.65. The van der Waals surface area contributed by atoms with E-state index in [1.807, 2.05) is 34.2 Å². The second kappa shape index (κ2) is 7.83. The average molecular weight is 523 g/mol. The van der Waals surface area contributed by atoms with Crippen LogP contribution in [0, 0.1) is 11.3 Å². The van der Waals surface area contributed by atoms with E-state index in [0.717, 1.165) is 61.0 Å². The van der Waals surface area contributed by atoms with Gasteiger partial charge in [-0.2, -0.15) is 5.10 Å². The Morgan fingerprint density at radius 3 is 2.68 bits per heavy atom. The van der Waals surface area contributed by atoms with Crippen LogP contribution in [0.2, 0.25) is 0 Å². The fourth-order valence-corrected chi connectivity index (χ4v) is 6.90. The second-order valence-electron chi connectivity index (χ2n) is 11.1. The van der Waals surface area contributed by atoms with Gasteiger partial charge in [-0.05, 0) is 48.9 Å². The Hall–Kier alpha value is -3.85. The Kier molecular flexibility index (Phi) is 4.57. The van der Waals surface area contributed by atoms with Gasteiger partial charge in [0.05, 0.1) is 21.9 Å². The molecule has 1 amide bonds. The van der Waals surface area contributed by atoms with E-state index < -0.39 is 0 Å². The van der Waals surface area contributed by atoms with Crippen LogP contribution >= 0.6 is 11.3 Å². The monoisotopic (exact) mass is 522 g/mol. The van der Waals surface area contributed by atoms with Crippen LogP contribution in [-0.4, -0.2) is 48.2 Å². The highest BCUT2D eigenvalue weighted by Crippen LogP contribution is 2.62. The number of rotatable bonds is 4. The summed E-state index contributed by atoms with van der Waals surface area (Å²) in [6.07, 6.45) is 5.49. The van der Waals surface area contributed by atoms with Crippen molar-refractivity contribution in [1.82, 2.24) is 29.2 Å². The van der Waals surface area contributed by atoms with Gasteiger partial charge < -0.3 is 4.90 Å². The zero-order valence-electron chi connectivity index (χ0n) is 21.0. The van der Waals surface area contributed by atoms with Gasteiger partial charge in [0, 0.05) is 43.1 Å². The van der Waals surface area contributed by atoms with Crippen LogP contribution in [0.15, 0.2) is 59.0 Å². The molecule has 5 aromatic rings. The second-order valence-corrected chi connectivity index (χ2v) is 12.0. The summed E-state index contributed by atoms with van der Waals surface area (Å²) >= 11 is 1.64. The molecule has 2 atom stereocenters. The lowest BCUT2D eigenvalue weighted by molar-refractivity contribution is -0.131. The van der Waals surface area contributed by atoms with E-state index in [9.17, 15) is 9.59 Å². The molecule has 2 unspecified atom stereocenters. The quantitative estimate of drug-likeness (QED) is 0.343. The van der Waals surface area contributed by atoms with Crippen molar-refractivity contribution in [3.63, 3.8) is 0 Å². The van der Waals surface area contributed by atoms with Crippen LogP contribution in [-0.2, 0) is 11.8 Å². The molecule has 2 aromatic carbocycles. The fourth-order valence-electron chi connectivity index (χ4n) is 6.24. The van der Waals surface area contributed by atoms with Crippen LogP contribution in [0.4, 0.5) is 0 Å². The van der Waals surface area contributed by atoms with Crippen LogP contribution in [0.25, 0.3) is 43.8 Å². The van der Waals surface area contributed by atoms with Gasteiger partial charge in [0.25, 0.3) is 5.56 Å². The largest absolute Gasteiger partial charge is 0.342 e. The molecule has 3 aromatic heterocycles. The molecule has 0 bridgehead atoms. The minimum atomic E-state index is -0.0509. The van der Waals surface area contributed by atoms with Gasteiger partial charge >= 0.3 is 0 Å². The zero-order chi connectivity index (χ0) is 25.6. The third-order valence-electron chi connectivity index (χ3n) is 8.69. The van der Waals surface area contributed by atoms with Gasteiger partial charge in [0.15, 0.2) is 5.65 Å². The molecule has 3 fully saturated rings. The average Bonchev–Trinajstić information content (AvgIpc) is 3.73. The Morgan fingerprint density at radius 2 is 1.87 bits per heavy atom. The third-order valence-corrected chi connectivity index (χ3v) is 9.50. The number of aromatic nitrogens is 5. The Bertz CT molecular complexity index is 1810. The van der Waals surface area contributed by atoms with Gasteiger partial charge in [-0.15, -0.1) is 11.3 Å². The van der Waals surface area contributed by atoms with E-state index in [4.69, 9.17) is 4.98 Å². The molecule has 1 spiro atoms. The Labute approximate surface area is 222 Å². The highest BCUT2D eigenvalue weighted by atomic mass is 32.1. The molecular formula is C29H26N6O2S. The first-order valence-corrected chi connectivity index (χ1v) is 14.1. The van der Waals surface area contributed by atoms with Gasteiger partial charge in [0.2, 0.25) is 5.91 Å². The lowest BCUT2D eigenvalue weighted by atomic mass is 10.0. The number of carbonyl (C=O) groups excluding carboxylic acids is 1. The first-order valence-electron chi connectivity index (χ1n) is 13.2. The molecule has 2 aliphatic carbocycles. The lowest BCUT2D eigenvalue weighted by Gasteiger charge is -2.18. The summed E-state index contributed by atoms with van der Waals surface area (Å²) in [7, 11) is 1.82. The van der Waals surface area contributed by atoms with Crippen molar-refractivity contribution >= 4 is 38.5 Å². The molecule has 8 nitrogen and oxygen atoms in total. The molecule has 1 saturated heterocycles. The summed E-state index contributed by atoms with van der Waals surface area (Å²) in [5, 5.41) is 4.86. The van der Waals surface area contributed by atoms with Crippen LogP contribution < -0.4 is 5.56 Å². The number of hydrogen-bond acceptors (Lipinski definition) is 6. The van der Waals surface area contributed by atoms with Crippen LogP contribution in [0.5, 0.6) is 0 Å². The normalized spacial score (nSPS) is 22.7. The highest BCUT2D eigenvalue weighted by molar-refractivity contribution is 7.16. The van der Waals surface area contributed by atoms with Crippen molar-refractivity contribution in [2.75, 3.05) is 13.1 Å². The maximum absolute atomic E-state index is 13.9. The number of aryl methyl sites for hydroxylation is 1. The van der Waals surface area contributed by atoms with Gasteiger partial charge in [0.1, 0.15) is 11.2 Å². The molecule has 9 heteroatoms. The third kappa shape index (κ3) is 3.31.